The van der Waals surface area contributed by atoms with Crippen LogP contribution in [0.25, 0.3) is 0 Å². The first kappa shape index (κ1) is 12.0. The van der Waals surface area contributed by atoms with Crippen molar-refractivity contribution in [3.05, 3.63) is 29.8 Å². The van der Waals surface area contributed by atoms with Crippen LogP contribution >= 0.6 is 0 Å². The molecule has 0 spiro atoms. The number of carbonyl (C=O) groups is 1. The van der Waals surface area contributed by atoms with Crippen molar-refractivity contribution in [3.8, 4) is 0 Å². The summed E-state index contributed by atoms with van der Waals surface area (Å²) < 4.78 is 0. The number of likely N-dealkylation sites (tertiary alicyclic amines) is 1. The quantitative estimate of drug-likeness (QED) is 0.811. The van der Waals surface area contributed by atoms with Crippen molar-refractivity contribution in [1.29, 1.82) is 0 Å². The number of nitrogens with zero attached hydrogens (tertiary/aromatic N) is 1. The van der Waals surface area contributed by atoms with E-state index in [1.54, 1.807) is 0 Å². The molecule has 3 heteroatoms. The van der Waals surface area contributed by atoms with Crippen molar-refractivity contribution >= 4 is 11.6 Å². The average Bonchev–Trinajstić information content (AvgIpc) is 2.84. The molecule has 3 nitrogen and oxygen atoms in total. The van der Waals surface area contributed by atoms with Gasteiger partial charge >= 0.3 is 0 Å². The zero-order valence-electron chi connectivity index (χ0n) is 10.4. The summed E-state index contributed by atoms with van der Waals surface area (Å²) in [6.07, 6.45) is 3.03. The van der Waals surface area contributed by atoms with E-state index in [4.69, 9.17) is 5.73 Å². The number of nitrogen functional groups attached to an aromatic ring is 1. The Morgan fingerprint density at radius 2 is 2.00 bits per heavy atom. The fourth-order valence-corrected chi connectivity index (χ4v) is 2.39. The number of nitrogens with two attached hydrogens (primary N) is 1. The number of anilines is 1. The summed E-state index contributed by atoms with van der Waals surface area (Å²) in [5, 5.41) is 0. The molecule has 1 amide bonds. The summed E-state index contributed by atoms with van der Waals surface area (Å²) in [7, 11) is 0. The van der Waals surface area contributed by atoms with Crippen LogP contribution in [0.3, 0.4) is 0 Å². The highest BCUT2D eigenvalue weighted by molar-refractivity contribution is 5.79. The summed E-state index contributed by atoms with van der Waals surface area (Å²) in [6, 6.07) is 7.79. The van der Waals surface area contributed by atoms with Crippen LogP contribution in [0, 0.1) is 5.92 Å². The number of para-hydroxylation sites is 1. The molecule has 1 heterocycles. The average molecular weight is 232 g/mol. The summed E-state index contributed by atoms with van der Waals surface area (Å²) >= 11 is 0. The Bertz CT molecular complexity index is 397. The van der Waals surface area contributed by atoms with Gasteiger partial charge in [0.25, 0.3) is 0 Å². The van der Waals surface area contributed by atoms with Crippen molar-refractivity contribution in [2.24, 2.45) is 5.92 Å². The molecule has 1 aromatic rings. The lowest BCUT2D eigenvalue weighted by atomic mass is 9.98. The second-order valence-corrected chi connectivity index (χ2v) is 4.84. The first-order valence-corrected chi connectivity index (χ1v) is 6.30. The lowest BCUT2D eigenvalue weighted by Gasteiger charge is -2.20. The highest BCUT2D eigenvalue weighted by Crippen LogP contribution is 2.19. The van der Waals surface area contributed by atoms with Crippen LogP contribution in [0.4, 0.5) is 5.69 Å². The largest absolute Gasteiger partial charge is 0.399 e. The van der Waals surface area contributed by atoms with E-state index in [0.717, 1.165) is 43.6 Å². The van der Waals surface area contributed by atoms with Crippen LogP contribution in [0.5, 0.6) is 0 Å². The predicted molar refractivity (Wildman–Crippen MR) is 69.5 cm³/mol. The zero-order chi connectivity index (χ0) is 12.3. The van der Waals surface area contributed by atoms with Crippen LogP contribution in [0.2, 0.25) is 0 Å². The predicted octanol–water partition coefficient (Wildman–Crippen LogP) is 2.07. The lowest BCUT2D eigenvalue weighted by Crippen LogP contribution is -2.33. The highest BCUT2D eigenvalue weighted by Gasteiger charge is 2.23. The molecule has 0 saturated carbocycles. The maximum Gasteiger partial charge on any atom is 0.225 e. The molecule has 2 rings (SSSR count). The minimum absolute atomic E-state index is 0.0257. The normalized spacial score (nSPS) is 17.1. The minimum atomic E-state index is 0.0257. The molecule has 1 unspecified atom stereocenters. The molecule has 1 aliphatic heterocycles. The van der Waals surface area contributed by atoms with Gasteiger partial charge < -0.3 is 10.6 Å². The summed E-state index contributed by atoms with van der Waals surface area (Å²) in [6.45, 7) is 3.84. The van der Waals surface area contributed by atoms with Gasteiger partial charge in [0, 0.05) is 24.7 Å². The van der Waals surface area contributed by atoms with Gasteiger partial charge in [-0.2, -0.15) is 0 Å². The third kappa shape index (κ3) is 2.78. The Kier molecular flexibility index (Phi) is 3.67. The maximum atomic E-state index is 12.1. The van der Waals surface area contributed by atoms with Gasteiger partial charge in [0.1, 0.15) is 0 Å². The number of rotatable bonds is 3. The van der Waals surface area contributed by atoms with E-state index in [9.17, 15) is 4.79 Å². The molecule has 92 valence electrons. The third-order valence-electron chi connectivity index (χ3n) is 3.42. The number of carbonyl (C=O) groups excluding carboxylic acids is 1. The lowest BCUT2D eigenvalue weighted by molar-refractivity contribution is -0.133. The molecule has 0 bridgehead atoms. The molecule has 0 radical (unpaired) electrons. The second-order valence-electron chi connectivity index (χ2n) is 4.84. The van der Waals surface area contributed by atoms with E-state index in [2.05, 4.69) is 0 Å². The Morgan fingerprint density at radius 3 is 2.65 bits per heavy atom. The van der Waals surface area contributed by atoms with E-state index < -0.39 is 0 Å². The number of hydrogen-bond acceptors (Lipinski definition) is 2. The number of amides is 1. The van der Waals surface area contributed by atoms with Crippen molar-refractivity contribution < 1.29 is 4.79 Å². The van der Waals surface area contributed by atoms with Gasteiger partial charge in [0.15, 0.2) is 0 Å². The monoisotopic (exact) mass is 232 g/mol. The SMILES string of the molecule is CC(Cc1ccccc1N)C(=O)N1CCCC1. The molecule has 0 aromatic heterocycles. The van der Waals surface area contributed by atoms with Gasteiger partial charge in [0.2, 0.25) is 5.91 Å². The summed E-state index contributed by atoms with van der Waals surface area (Å²) in [5.41, 5.74) is 7.76. The van der Waals surface area contributed by atoms with Gasteiger partial charge in [-0.05, 0) is 30.9 Å². The molecule has 1 saturated heterocycles. The van der Waals surface area contributed by atoms with E-state index >= 15 is 0 Å². The number of hydrogen-bond donors (Lipinski definition) is 1. The van der Waals surface area contributed by atoms with E-state index in [1.807, 2.05) is 36.1 Å². The van der Waals surface area contributed by atoms with Crippen molar-refractivity contribution in [2.45, 2.75) is 26.2 Å². The Hall–Kier alpha value is -1.51. The van der Waals surface area contributed by atoms with Crippen molar-refractivity contribution in [1.82, 2.24) is 4.90 Å². The van der Waals surface area contributed by atoms with Gasteiger partial charge in [-0.15, -0.1) is 0 Å². The Morgan fingerprint density at radius 1 is 1.35 bits per heavy atom. The van der Waals surface area contributed by atoms with Gasteiger partial charge in [0.05, 0.1) is 0 Å². The second kappa shape index (κ2) is 5.21. The fraction of sp³-hybridized carbons (Fsp3) is 0.500. The standard InChI is InChI=1S/C14H20N2O/c1-11(14(17)16-8-4-5-9-16)10-12-6-2-3-7-13(12)15/h2-3,6-7,11H,4-5,8-10,15H2,1H3. The molecular weight excluding hydrogens is 212 g/mol. The number of benzene rings is 1. The maximum absolute atomic E-state index is 12.1. The molecule has 1 aliphatic rings. The molecule has 2 N–H and O–H groups in total. The summed E-state index contributed by atoms with van der Waals surface area (Å²) in [4.78, 5) is 14.1. The molecule has 17 heavy (non-hydrogen) atoms. The van der Waals surface area contributed by atoms with Crippen LogP contribution < -0.4 is 5.73 Å². The van der Waals surface area contributed by atoms with Crippen molar-refractivity contribution in [2.75, 3.05) is 18.8 Å². The molecule has 1 atom stereocenters. The third-order valence-corrected chi connectivity index (χ3v) is 3.42. The van der Waals surface area contributed by atoms with Crippen LogP contribution in [0.1, 0.15) is 25.3 Å². The van der Waals surface area contributed by atoms with Gasteiger partial charge in [-0.1, -0.05) is 25.1 Å². The van der Waals surface area contributed by atoms with E-state index in [1.165, 1.54) is 0 Å². The molecule has 1 aromatic carbocycles. The zero-order valence-corrected chi connectivity index (χ0v) is 10.4. The van der Waals surface area contributed by atoms with Crippen LogP contribution in [0.15, 0.2) is 24.3 Å². The smallest absolute Gasteiger partial charge is 0.225 e. The van der Waals surface area contributed by atoms with Crippen LogP contribution in [-0.2, 0) is 11.2 Å². The first-order valence-electron chi connectivity index (χ1n) is 6.30. The Balaban J connectivity index is 1.99. The van der Waals surface area contributed by atoms with E-state index in [-0.39, 0.29) is 11.8 Å². The first-order chi connectivity index (χ1) is 8.18. The minimum Gasteiger partial charge on any atom is -0.399 e. The van der Waals surface area contributed by atoms with Gasteiger partial charge in [-0.3, -0.25) is 4.79 Å². The molecule has 0 aliphatic carbocycles. The highest BCUT2D eigenvalue weighted by atomic mass is 16.2. The molecule has 1 fully saturated rings. The van der Waals surface area contributed by atoms with Crippen LogP contribution in [-0.4, -0.2) is 23.9 Å². The summed E-state index contributed by atoms with van der Waals surface area (Å²) in [5.74, 6) is 0.295. The van der Waals surface area contributed by atoms with E-state index in [0.29, 0.717) is 0 Å². The fourth-order valence-electron chi connectivity index (χ4n) is 2.39. The topological polar surface area (TPSA) is 46.3 Å². The van der Waals surface area contributed by atoms with Gasteiger partial charge in [-0.25, -0.2) is 0 Å². The van der Waals surface area contributed by atoms with Crippen molar-refractivity contribution in [3.63, 3.8) is 0 Å². The Labute approximate surface area is 103 Å². The molecular formula is C14H20N2O.